The third-order valence-corrected chi connectivity index (χ3v) is 5.62. The Kier molecular flexibility index (Phi) is 5.79. The lowest BCUT2D eigenvalue weighted by molar-refractivity contribution is 0.372. The Bertz CT molecular complexity index is 714. The van der Waals surface area contributed by atoms with Gasteiger partial charge in [0.15, 0.2) is 9.84 Å². The summed E-state index contributed by atoms with van der Waals surface area (Å²) in [7, 11) is -1.81. The molecule has 0 aliphatic heterocycles. The number of rotatable bonds is 8. The molecule has 0 saturated heterocycles. The number of sulfone groups is 1. The smallest absolute Gasteiger partial charge is 0.179 e. The van der Waals surface area contributed by atoms with Gasteiger partial charge in [-0.25, -0.2) is 8.42 Å². The molecule has 0 saturated carbocycles. The molecule has 1 N–H and O–H groups in total. The van der Waals surface area contributed by atoms with Crippen LogP contribution in [0.3, 0.4) is 0 Å². The molecule has 2 atom stereocenters. The van der Waals surface area contributed by atoms with Crippen LogP contribution in [0.15, 0.2) is 47.6 Å². The van der Waals surface area contributed by atoms with Crippen molar-refractivity contribution in [3.05, 3.63) is 42.7 Å². The fraction of sp³-hybridized carbons (Fsp3) is 0.438. The van der Waals surface area contributed by atoms with Crippen molar-refractivity contribution < 1.29 is 13.2 Å². The lowest BCUT2D eigenvalue weighted by atomic mass is 10.2. The third-order valence-electron chi connectivity index (χ3n) is 3.90. The Hall–Kier alpha value is -1.86. The molecule has 1 heterocycles. The van der Waals surface area contributed by atoms with E-state index in [1.807, 2.05) is 30.8 Å². The van der Waals surface area contributed by atoms with E-state index in [-0.39, 0.29) is 22.7 Å². The Morgan fingerprint density at radius 2 is 2.09 bits per heavy atom. The van der Waals surface area contributed by atoms with Gasteiger partial charge in [0.05, 0.1) is 23.8 Å². The van der Waals surface area contributed by atoms with Gasteiger partial charge in [0.25, 0.3) is 0 Å². The first kappa shape index (κ1) is 17.5. The number of aromatic nitrogens is 2. The molecule has 0 radical (unpaired) electrons. The van der Waals surface area contributed by atoms with E-state index in [4.69, 9.17) is 4.74 Å². The van der Waals surface area contributed by atoms with Crippen LogP contribution < -0.4 is 10.1 Å². The number of nitrogens with zero attached hydrogens (tertiary/aromatic N) is 2. The minimum absolute atomic E-state index is 0.0380. The van der Waals surface area contributed by atoms with E-state index in [0.29, 0.717) is 12.3 Å². The van der Waals surface area contributed by atoms with Crippen molar-refractivity contribution in [1.82, 2.24) is 15.1 Å². The van der Waals surface area contributed by atoms with Crippen LogP contribution in [0.1, 0.15) is 19.9 Å². The molecule has 0 amide bonds. The van der Waals surface area contributed by atoms with E-state index in [2.05, 4.69) is 10.4 Å². The van der Waals surface area contributed by atoms with E-state index >= 15 is 0 Å². The van der Waals surface area contributed by atoms with Crippen molar-refractivity contribution in [1.29, 1.82) is 0 Å². The summed E-state index contributed by atoms with van der Waals surface area (Å²) in [4.78, 5) is 0.284. The number of hydrogen-bond donors (Lipinski definition) is 1. The van der Waals surface area contributed by atoms with Crippen LogP contribution >= 0.6 is 0 Å². The zero-order chi connectivity index (χ0) is 16.9. The minimum Gasteiger partial charge on any atom is -0.497 e. The van der Waals surface area contributed by atoms with Gasteiger partial charge < -0.3 is 10.1 Å². The molecule has 126 valence electrons. The molecule has 0 unspecified atom stereocenters. The summed E-state index contributed by atoms with van der Waals surface area (Å²) in [6.45, 7) is 4.44. The highest BCUT2D eigenvalue weighted by Gasteiger charge is 2.17. The van der Waals surface area contributed by atoms with Crippen molar-refractivity contribution in [2.24, 2.45) is 0 Å². The molecular formula is C16H23N3O3S. The van der Waals surface area contributed by atoms with E-state index in [0.717, 1.165) is 0 Å². The van der Waals surface area contributed by atoms with Gasteiger partial charge in [-0.05, 0) is 38.1 Å². The van der Waals surface area contributed by atoms with Crippen molar-refractivity contribution >= 4 is 9.84 Å². The van der Waals surface area contributed by atoms with Crippen LogP contribution in [-0.2, 0) is 9.84 Å². The van der Waals surface area contributed by atoms with Crippen LogP contribution in [0.4, 0.5) is 0 Å². The van der Waals surface area contributed by atoms with Gasteiger partial charge in [0.2, 0.25) is 0 Å². The molecule has 0 aliphatic carbocycles. The monoisotopic (exact) mass is 337 g/mol. The van der Waals surface area contributed by atoms with Gasteiger partial charge in [-0.2, -0.15) is 5.10 Å². The lowest BCUT2D eigenvalue weighted by Crippen LogP contribution is -2.36. The molecule has 7 heteroatoms. The average molecular weight is 337 g/mol. The largest absolute Gasteiger partial charge is 0.497 e. The van der Waals surface area contributed by atoms with Gasteiger partial charge in [0, 0.05) is 25.0 Å². The van der Waals surface area contributed by atoms with Crippen molar-refractivity contribution in [2.45, 2.75) is 30.8 Å². The molecule has 0 aliphatic rings. The van der Waals surface area contributed by atoms with Crippen molar-refractivity contribution in [3.8, 4) is 5.75 Å². The van der Waals surface area contributed by atoms with Crippen LogP contribution in [0, 0.1) is 0 Å². The highest BCUT2D eigenvalue weighted by Crippen LogP contribution is 2.18. The van der Waals surface area contributed by atoms with Crippen LogP contribution in [0.5, 0.6) is 5.75 Å². The predicted molar refractivity (Wildman–Crippen MR) is 89.4 cm³/mol. The normalized spacial score (nSPS) is 14.4. The Balaban J connectivity index is 1.91. The summed E-state index contributed by atoms with van der Waals surface area (Å²) >= 11 is 0. The van der Waals surface area contributed by atoms with E-state index in [9.17, 15) is 8.42 Å². The standard InChI is InChI=1S/C16H23N3O3S/c1-13(14(2)19-10-5-8-18-19)17-9-11-23(20,21)16-7-4-6-15(12-16)22-3/h4-8,10,12-14,17H,9,11H2,1-3H3/t13-,14-/m1/s1. The molecule has 6 nitrogen and oxygen atoms in total. The fourth-order valence-electron chi connectivity index (χ4n) is 2.25. The topological polar surface area (TPSA) is 73.2 Å². The molecule has 23 heavy (non-hydrogen) atoms. The first-order chi connectivity index (χ1) is 10.9. The molecular weight excluding hydrogens is 314 g/mol. The van der Waals surface area contributed by atoms with E-state index < -0.39 is 9.84 Å². The quantitative estimate of drug-likeness (QED) is 0.796. The maximum Gasteiger partial charge on any atom is 0.179 e. The number of ether oxygens (including phenoxy) is 1. The maximum absolute atomic E-state index is 12.4. The number of methoxy groups -OCH3 is 1. The van der Waals surface area contributed by atoms with Gasteiger partial charge in [-0.1, -0.05) is 6.07 Å². The summed E-state index contributed by atoms with van der Waals surface area (Å²) in [6.07, 6.45) is 3.63. The predicted octanol–water partition coefficient (Wildman–Crippen LogP) is 1.90. The number of nitrogens with one attached hydrogen (secondary N) is 1. The highest BCUT2D eigenvalue weighted by molar-refractivity contribution is 7.91. The second-order valence-corrected chi connectivity index (χ2v) is 7.58. The lowest BCUT2D eigenvalue weighted by Gasteiger charge is -2.21. The summed E-state index contributed by atoms with van der Waals surface area (Å²) < 4.78 is 31.7. The molecule has 1 aromatic carbocycles. The van der Waals surface area contributed by atoms with E-state index in [1.165, 1.54) is 7.11 Å². The third kappa shape index (κ3) is 4.56. The number of hydrogen-bond acceptors (Lipinski definition) is 5. The van der Waals surface area contributed by atoms with Crippen LogP contribution in [-0.4, -0.2) is 43.6 Å². The van der Waals surface area contributed by atoms with Gasteiger partial charge >= 0.3 is 0 Å². The van der Waals surface area contributed by atoms with E-state index in [1.54, 1.807) is 30.5 Å². The summed E-state index contributed by atoms with van der Waals surface area (Å²) in [6, 6.07) is 8.67. The number of benzene rings is 1. The van der Waals surface area contributed by atoms with Crippen molar-refractivity contribution in [2.75, 3.05) is 19.4 Å². The highest BCUT2D eigenvalue weighted by atomic mass is 32.2. The second kappa shape index (κ2) is 7.61. The molecule has 0 spiro atoms. The van der Waals surface area contributed by atoms with Gasteiger partial charge in [0.1, 0.15) is 5.75 Å². The minimum atomic E-state index is -3.33. The molecule has 0 fully saturated rings. The molecule has 2 rings (SSSR count). The zero-order valence-electron chi connectivity index (χ0n) is 13.6. The van der Waals surface area contributed by atoms with Crippen molar-refractivity contribution in [3.63, 3.8) is 0 Å². The van der Waals surface area contributed by atoms with Gasteiger partial charge in [-0.15, -0.1) is 0 Å². The van der Waals surface area contributed by atoms with Crippen LogP contribution in [0.2, 0.25) is 0 Å². The molecule has 0 bridgehead atoms. The van der Waals surface area contributed by atoms with Crippen LogP contribution in [0.25, 0.3) is 0 Å². The Morgan fingerprint density at radius 3 is 2.74 bits per heavy atom. The molecule has 1 aromatic heterocycles. The SMILES string of the molecule is COc1cccc(S(=O)(=O)CCN[C@H](C)[C@@H](C)n2cccn2)c1. The fourth-order valence-corrected chi connectivity index (χ4v) is 3.46. The first-order valence-corrected chi connectivity index (χ1v) is 9.18. The molecule has 2 aromatic rings. The second-order valence-electron chi connectivity index (χ2n) is 5.47. The summed E-state index contributed by atoms with van der Waals surface area (Å²) in [5.74, 6) is 0.579. The zero-order valence-corrected chi connectivity index (χ0v) is 14.5. The Labute approximate surface area is 137 Å². The average Bonchev–Trinajstić information content (AvgIpc) is 3.08. The first-order valence-electron chi connectivity index (χ1n) is 7.53. The maximum atomic E-state index is 12.4. The summed E-state index contributed by atoms with van der Waals surface area (Å²) in [5.41, 5.74) is 0. The summed E-state index contributed by atoms with van der Waals surface area (Å²) in [5, 5.41) is 7.46. The van der Waals surface area contributed by atoms with Gasteiger partial charge in [-0.3, -0.25) is 4.68 Å². The Morgan fingerprint density at radius 1 is 1.30 bits per heavy atom.